The van der Waals surface area contributed by atoms with Crippen LogP contribution < -0.4 is 10.6 Å². The van der Waals surface area contributed by atoms with Crippen LogP contribution in [0.1, 0.15) is 18.3 Å². The number of hydrogen-bond donors (Lipinski definition) is 2. The fourth-order valence-electron chi connectivity index (χ4n) is 2.81. The first-order chi connectivity index (χ1) is 14.9. The van der Waals surface area contributed by atoms with E-state index in [1.807, 2.05) is 31.2 Å². The number of anilines is 2. The second-order valence-corrected chi connectivity index (χ2v) is 8.01. The van der Waals surface area contributed by atoms with E-state index in [0.29, 0.717) is 16.7 Å². The van der Waals surface area contributed by atoms with Gasteiger partial charge >= 0.3 is 0 Å². The van der Waals surface area contributed by atoms with Gasteiger partial charge in [-0.2, -0.15) is 0 Å². The minimum absolute atomic E-state index is 0.0579. The van der Waals surface area contributed by atoms with E-state index in [0.717, 1.165) is 17.7 Å². The molecular formula is C21H21ClFN5O2S. The van der Waals surface area contributed by atoms with Gasteiger partial charge in [0.05, 0.1) is 17.2 Å². The summed E-state index contributed by atoms with van der Waals surface area (Å²) in [5, 5.41) is 14.1. The van der Waals surface area contributed by atoms with Gasteiger partial charge in [0, 0.05) is 18.4 Å². The summed E-state index contributed by atoms with van der Waals surface area (Å²) >= 11 is 6.90. The van der Waals surface area contributed by atoms with Gasteiger partial charge in [0.15, 0.2) is 5.16 Å². The fourth-order valence-corrected chi connectivity index (χ4v) is 3.72. The molecule has 0 bridgehead atoms. The minimum atomic E-state index is -0.553. The Balaban J connectivity index is 1.55. The van der Waals surface area contributed by atoms with Crippen molar-refractivity contribution in [2.45, 2.75) is 24.9 Å². The number of para-hydroxylation sites is 1. The van der Waals surface area contributed by atoms with E-state index in [4.69, 9.17) is 11.6 Å². The Morgan fingerprint density at radius 2 is 1.90 bits per heavy atom. The number of carbonyl (C=O) groups excluding carboxylic acids is 2. The lowest BCUT2D eigenvalue weighted by Crippen LogP contribution is -2.18. The van der Waals surface area contributed by atoms with Crippen molar-refractivity contribution in [2.24, 2.45) is 7.05 Å². The Labute approximate surface area is 188 Å². The third-order valence-electron chi connectivity index (χ3n) is 4.45. The van der Waals surface area contributed by atoms with Crippen molar-refractivity contribution in [2.75, 3.05) is 16.4 Å². The number of aryl methyl sites for hydroxylation is 1. The molecule has 0 fully saturated rings. The number of rotatable bonds is 8. The van der Waals surface area contributed by atoms with Crippen LogP contribution in [0.15, 0.2) is 47.6 Å². The van der Waals surface area contributed by atoms with Crippen LogP contribution in [0.4, 0.5) is 15.8 Å². The maximum Gasteiger partial charge on any atom is 0.234 e. The summed E-state index contributed by atoms with van der Waals surface area (Å²) in [6.45, 7) is 2.03. The largest absolute Gasteiger partial charge is 0.325 e. The van der Waals surface area contributed by atoms with Gasteiger partial charge in [-0.25, -0.2) is 4.39 Å². The van der Waals surface area contributed by atoms with E-state index >= 15 is 0 Å². The van der Waals surface area contributed by atoms with Crippen LogP contribution in [-0.4, -0.2) is 32.3 Å². The number of hydrogen-bond acceptors (Lipinski definition) is 5. The van der Waals surface area contributed by atoms with Crippen molar-refractivity contribution < 1.29 is 14.0 Å². The Morgan fingerprint density at radius 1 is 1.13 bits per heavy atom. The monoisotopic (exact) mass is 461 g/mol. The highest BCUT2D eigenvalue weighted by Gasteiger charge is 2.15. The molecule has 10 heteroatoms. The van der Waals surface area contributed by atoms with Crippen LogP contribution in [0.2, 0.25) is 5.02 Å². The molecule has 0 unspecified atom stereocenters. The Kier molecular flexibility index (Phi) is 7.64. The van der Waals surface area contributed by atoms with Crippen LogP contribution in [0.3, 0.4) is 0 Å². The SMILES string of the molecule is CCc1ccccc1NC(=O)Cc1nnc(SCC(=O)Nc2ccc(F)c(Cl)c2)n1C. The number of aromatic nitrogens is 3. The number of nitrogens with one attached hydrogen (secondary N) is 2. The maximum atomic E-state index is 13.2. The highest BCUT2D eigenvalue weighted by molar-refractivity contribution is 7.99. The smallest absolute Gasteiger partial charge is 0.234 e. The zero-order chi connectivity index (χ0) is 22.4. The molecule has 0 atom stereocenters. The first kappa shape index (κ1) is 22.8. The maximum absolute atomic E-state index is 13.2. The van der Waals surface area contributed by atoms with E-state index in [9.17, 15) is 14.0 Å². The third-order valence-corrected chi connectivity index (χ3v) is 5.76. The summed E-state index contributed by atoms with van der Waals surface area (Å²) < 4.78 is 14.9. The molecule has 2 amide bonds. The van der Waals surface area contributed by atoms with Gasteiger partial charge in [0.1, 0.15) is 11.6 Å². The zero-order valence-electron chi connectivity index (χ0n) is 17.0. The summed E-state index contributed by atoms with van der Waals surface area (Å²) in [7, 11) is 1.74. The minimum Gasteiger partial charge on any atom is -0.325 e. The van der Waals surface area contributed by atoms with Crippen LogP contribution in [0.5, 0.6) is 0 Å². The van der Waals surface area contributed by atoms with Crippen LogP contribution in [-0.2, 0) is 29.5 Å². The van der Waals surface area contributed by atoms with Crippen molar-refractivity contribution >= 4 is 46.6 Å². The van der Waals surface area contributed by atoms with E-state index in [-0.39, 0.29) is 29.0 Å². The predicted molar refractivity (Wildman–Crippen MR) is 120 cm³/mol. The van der Waals surface area contributed by atoms with Crippen molar-refractivity contribution in [3.63, 3.8) is 0 Å². The van der Waals surface area contributed by atoms with E-state index in [1.165, 1.54) is 30.0 Å². The van der Waals surface area contributed by atoms with Gasteiger partial charge in [-0.15, -0.1) is 10.2 Å². The van der Waals surface area contributed by atoms with Gasteiger partial charge in [-0.1, -0.05) is 48.5 Å². The van der Waals surface area contributed by atoms with Crippen molar-refractivity contribution in [3.05, 3.63) is 64.7 Å². The molecule has 0 aliphatic heterocycles. The predicted octanol–water partition coefficient (Wildman–Crippen LogP) is 4.08. The van der Waals surface area contributed by atoms with Crippen molar-refractivity contribution in [1.29, 1.82) is 0 Å². The molecule has 0 aliphatic rings. The molecule has 1 aromatic heterocycles. The van der Waals surface area contributed by atoms with Gasteiger partial charge in [-0.05, 0) is 36.2 Å². The molecule has 31 heavy (non-hydrogen) atoms. The normalized spacial score (nSPS) is 10.7. The standard InChI is InChI=1S/C21H21ClFN5O2S/c1-3-13-6-4-5-7-17(13)25-19(29)11-18-26-27-21(28(18)2)31-12-20(30)24-14-8-9-16(23)15(22)10-14/h4-10H,3,11-12H2,1-2H3,(H,24,30)(H,25,29). The first-order valence-corrected chi connectivity index (χ1v) is 10.9. The molecule has 2 N–H and O–H groups in total. The second-order valence-electron chi connectivity index (χ2n) is 6.66. The zero-order valence-corrected chi connectivity index (χ0v) is 18.6. The molecule has 0 spiro atoms. The van der Waals surface area contributed by atoms with Crippen LogP contribution >= 0.6 is 23.4 Å². The average molecular weight is 462 g/mol. The molecule has 3 rings (SSSR count). The highest BCUT2D eigenvalue weighted by Crippen LogP contribution is 2.21. The van der Waals surface area contributed by atoms with E-state index in [2.05, 4.69) is 20.8 Å². The number of carbonyl (C=O) groups is 2. The fraction of sp³-hybridized carbons (Fsp3) is 0.238. The number of nitrogens with zero attached hydrogens (tertiary/aromatic N) is 3. The third kappa shape index (κ3) is 6.05. The molecule has 3 aromatic rings. The lowest BCUT2D eigenvalue weighted by atomic mass is 10.1. The molecular weight excluding hydrogens is 441 g/mol. The summed E-state index contributed by atoms with van der Waals surface area (Å²) in [6, 6.07) is 11.6. The molecule has 0 saturated carbocycles. The molecule has 7 nitrogen and oxygen atoms in total. The summed E-state index contributed by atoms with van der Waals surface area (Å²) in [5.74, 6) is -0.496. The first-order valence-electron chi connectivity index (χ1n) is 9.51. The average Bonchev–Trinajstić information content (AvgIpc) is 3.09. The van der Waals surface area contributed by atoms with Crippen LogP contribution in [0.25, 0.3) is 0 Å². The molecule has 0 aliphatic carbocycles. The summed E-state index contributed by atoms with van der Waals surface area (Å²) in [4.78, 5) is 24.6. The van der Waals surface area contributed by atoms with Gasteiger partial charge in [-0.3, -0.25) is 9.59 Å². The van der Waals surface area contributed by atoms with Gasteiger partial charge in [0.2, 0.25) is 11.8 Å². The lowest BCUT2D eigenvalue weighted by Gasteiger charge is -2.09. The highest BCUT2D eigenvalue weighted by atomic mass is 35.5. The van der Waals surface area contributed by atoms with Crippen molar-refractivity contribution in [3.8, 4) is 0 Å². The van der Waals surface area contributed by atoms with Crippen LogP contribution in [0, 0.1) is 5.82 Å². The Morgan fingerprint density at radius 3 is 2.65 bits per heavy atom. The summed E-state index contributed by atoms with van der Waals surface area (Å²) in [6.07, 6.45) is 0.871. The van der Waals surface area contributed by atoms with Crippen molar-refractivity contribution in [1.82, 2.24) is 14.8 Å². The topological polar surface area (TPSA) is 88.9 Å². The van der Waals surface area contributed by atoms with Gasteiger partial charge < -0.3 is 15.2 Å². The second kappa shape index (κ2) is 10.4. The molecule has 2 aromatic carbocycles. The molecule has 0 saturated heterocycles. The van der Waals surface area contributed by atoms with E-state index in [1.54, 1.807) is 11.6 Å². The number of benzene rings is 2. The van der Waals surface area contributed by atoms with Gasteiger partial charge in [0.25, 0.3) is 0 Å². The Hall–Kier alpha value is -2.91. The molecule has 1 heterocycles. The molecule has 0 radical (unpaired) electrons. The summed E-state index contributed by atoms with van der Waals surface area (Å²) in [5.41, 5.74) is 2.24. The quantitative estimate of drug-likeness (QED) is 0.493. The molecule has 162 valence electrons. The lowest BCUT2D eigenvalue weighted by molar-refractivity contribution is -0.116. The number of halogens is 2. The van der Waals surface area contributed by atoms with E-state index < -0.39 is 5.82 Å². The number of amides is 2. The Bertz CT molecular complexity index is 1110. The number of thioether (sulfide) groups is 1.